The molecule has 5 nitrogen and oxygen atoms in total. The molecule has 1 aliphatic rings. The van der Waals surface area contributed by atoms with E-state index in [2.05, 4.69) is 26.1 Å². The monoisotopic (exact) mass is 383 g/mol. The molecule has 0 spiro atoms. The number of aromatic nitrogens is 2. The lowest BCUT2D eigenvalue weighted by Gasteiger charge is -2.15. The Kier molecular flexibility index (Phi) is 3.90. The number of benzene rings is 2. The van der Waals surface area contributed by atoms with Crippen molar-refractivity contribution in [2.24, 2.45) is 0 Å². The maximum Gasteiger partial charge on any atom is 0.232 e. The molecular formula is C18H14BrN3O2. The fourth-order valence-electron chi connectivity index (χ4n) is 2.85. The van der Waals surface area contributed by atoms with Gasteiger partial charge in [0.25, 0.3) is 0 Å². The van der Waals surface area contributed by atoms with Gasteiger partial charge in [-0.15, -0.1) is 0 Å². The molecule has 1 aliphatic heterocycles. The van der Waals surface area contributed by atoms with Crippen LogP contribution in [0.3, 0.4) is 0 Å². The average Bonchev–Trinajstić information content (AvgIpc) is 3.23. The third kappa shape index (κ3) is 2.85. The molecule has 2 aromatic carbocycles. The molecule has 120 valence electrons. The quantitative estimate of drug-likeness (QED) is 0.685. The van der Waals surface area contributed by atoms with Gasteiger partial charge in [-0.1, -0.05) is 39.3 Å². The van der Waals surface area contributed by atoms with Crippen molar-refractivity contribution in [1.82, 2.24) is 10.1 Å². The molecule has 0 radical (unpaired) electrons. The highest BCUT2D eigenvalue weighted by molar-refractivity contribution is 9.10. The highest BCUT2D eigenvalue weighted by Gasteiger charge is 2.35. The first-order chi connectivity index (χ1) is 11.7. The van der Waals surface area contributed by atoms with E-state index < -0.39 is 0 Å². The maximum atomic E-state index is 12.3. The number of para-hydroxylation sites is 1. The predicted octanol–water partition coefficient (Wildman–Crippen LogP) is 4.02. The summed E-state index contributed by atoms with van der Waals surface area (Å²) in [6, 6.07) is 17.4. The normalized spacial score (nSPS) is 17.5. The minimum atomic E-state index is -0.0746. The third-order valence-corrected chi connectivity index (χ3v) is 4.61. The van der Waals surface area contributed by atoms with Gasteiger partial charge in [-0.2, -0.15) is 4.98 Å². The largest absolute Gasteiger partial charge is 0.339 e. The molecule has 1 amide bonds. The van der Waals surface area contributed by atoms with Crippen LogP contribution in [0.25, 0.3) is 11.4 Å². The van der Waals surface area contributed by atoms with Gasteiger partial charge in [0, 0.05) is 28.7 Å². The lowest BCUT2D eigenvalue weighted by molar-refractivity contribution is -0.117. The lowest BCUT2D eigenvalue weighted by Crippen LogP contribution is -2.24. The minimum Gasteiger partial charge on any atom is -0.339 e. The summed E-state index contributed by atoms with van der Waals surface area (Å²) in [5.74, 6) is 1.06. The Bertz CT molecular complexity index is 861. The number of nitrogens with zero attached hydrogens (tertiary/aromatic N) is 3. The van der Waals surface area contributed by atoms with E-state index in [0.29, 0.717) is 24.7 Å². The minimum absolute atomic E-state index is 0.0746. The molecule has 6 heteroatoms. The number of hydrogen-bond acceptors (Lipinski definition) is 4. The lowest BCUT2D eigenvalue weighted by atomic mass is 10.1. The van der Waals surface area contributed by atoms with Gasteiger partial charge in [-0.25, -0.2) is 0 Å². The first-order valence-electron chi connectivity index (χ1n) is 7.65. The molecule has 0 N–H and O–H groups in total. The van der Waals surface area contributed by atoms with Crippen LogP contribution in [0.15, 0.2) is 63.6 Å². The Labute approximate surface area is 147 Å². The molecule has 0 aliphatic carbocycles. The van der Waals surface area contributed by atoms with Gasteiger partial charge in [-0.3, -0.25) is 4.79 Å². The summed E-state index contributed by atoms with van der Waals surface area (Å²) in [7, 11) is 0. The van der Waals surface area contributed by atoms with Crippen molar-refractivity contribution in [3.63, 3.8) is 0 Å². The van der Waals surface area contributed by atoms with Crippen molar-refractivity contribution in [2.45, 2.75) is 12.3 Å². The molecule has 1 aromatic heterocycles. The van der Waals surface area contributed by atoms with Crippen LogP contribution in [0.1, 0.15) is 18.2 Å². The first kappa shape index (κ1) is 15.1. The van der Waals surface area contributed by atoms with Crippen LogP contribution in [-0.4, -0.2) is 22.6 Å². The van der Waals surface area contributed by atoms with E-state index in [9.17, 15) is 4.79 Å². The maximum absolute atomic E-state index is 12.3. The molecular weight excluding hydrogens is 370 g/mol. The Morgan fingerprint density at radius 2 is 1.83 bits per heavy atom. The zero-order chi connectivity index (χ0) is 16.5. The SMILES string of the molecule is O=C1C[C@@H](c2nc(-c3ccc(Br)cc3)no2)CN1c1ccccc1. The zero-order valence-electron chi connectivity index (χ0n) is 12.7. The number of rotatable bonds is 3. The standard InChI is InChI=1S/C18H14BrN3O2/c19-14-8-6-12(7-9-14)17-20-18(24-21-17)13-10-16(23)22(11-13)15-4-2-1-3-5-15/h1-9,13H,10-11H2/t13-/m1/s1. The molecule has 24 heavy (non-hydrogen) atoms. The highest BCUT2D eigenvalue weighted by atomic mass is 79.9. The van der Waals surface area contributed by atoms with Gasteiger partial charge >= 0.3 is 0 Å². The number of anilines is 1. The molecule has 0 bridgehead atoms. The van der Waals surface area contributed by atoms with Crippen LogP contribution in [0, 0.1) is 0 Å². The predicted molar refractivity (Wildman–Crippen MR) is 93.6 cm³/mol. The molecule has 4 rings (SSSR count). The van der Waals surface area contributed by atoms with E-state index in [1.165, 1.54) is 0 Å². The summed E-state index contributed by atoms with van der Waals surface area (Å²) < 4.78 is 6.41. The second-order valence-electron chi connectivity index (χ2n) is 5.70. The van der Waals surface area contributed by atoms with Gasteiger partial charge in [0.15, 0.2) is 0 Å². The molecule has 3 aromatic rings. The number of hydrogen-bond donors (Lipinski definition) is 0. The van der Waals surface area contributed by atoms with Crippen molar-refractivity contribution < 1.29 is 9.32 Å². The third-order valence-electron chi connectivity index (χ3n) is 4.09. The van der Waals surface area contributed by atoms with Gasteiger partial charge in [0.05, 0.1) is 5.92 Å². The number of amides is 1. The van der Waals surface area contributed by atoms with E-state index >= 15 is 0 Å². The van der Waals surface area contributed by atoms with Crippen LogP contribution in [-0.2, 0) is 4.79 Å². The average molecular weight is 384 g/mol. The highest BCUT2D eigenvalue weighted by Crippen LogP contribution is 2.31. The Morgan fingerprint density at radius 1 is 1.08 bits per heavy atom. The fraction of sp³-hybridized carbons (Fsp3) is 0.167. The van der Waals surface area contributed by atoms with Gasteiger partial charge < -0.3 is 9.42 Å². The molecule has 1 saturated heterocycles. The van der Waals surface area contributed by atoms with Crippen molar-refractivity contribution in [3.05, 3.63) is 65.0 Å². The number of carbonyl (C=O) groups excluding carboxylic acids is 1. The van der Waals surface area contributed by atoms with E-state index in [4.69, 9.17) is 4.52 Å². The van der Waals surface area contributed by atoms with Gasteiger partial charge in [-0.05, 0) is 36.4 Å². The molecule has 1 atom stereocenters. The molecule has 0 unspecified atom stereocenters. The van der Waals surface area contributed by atoms with E-state index in [1.54, 1.807) is 4.90 Å². The van der Waals surface area contributed by atoms with Gasteiger partial charge in [0.2, 0.25) is 17.6 Å². The van der Waals surface area contributed by atoms with Crippen molar-refractivity contribution in [2.75, 3.05) is 11.4 Å². The fourth-order valence-corrected chi connectivity index (χ4v) is 3.11. The second kappa shape index (κ2) is 6.20. The summed E-state index contributed by atoms with van der Waals surface area (Å²) in [4.78, 5) is 18.6. The van der Waals surface area contributed by atoms with Gasteiger partial charge in [0.1, 0.15) is 0 Å². The van der Waals surface area contributed by atoms with Crippen LogP contribution in [0.5, 0.6) is 0 Å². The van der Waals surface area contributed by atoms with E-state index in [-0.39, 0.29) is 11.8 Å². The van der Waals surface area contributed by atoms with Crippen molar-refractivity contribution >= 4 is 27.5 Å². The number of carbonyl (C=O) groups is 1. The molecule has 1 fully saturated rings. The van der Waals surface area contributed by atoms with Crippen molar-refractivity contribution in [3.8, 4) is 11.4 Å². The molecule has 2 heterocycles. The summed E-state index contributed by atoms with van der Waals surface area (Å²) in [5, 5.41) is 4.05. The smallest absolute Gasteiger partial charge is 0.232 e. The second-order valence-corrected chi connectivity index (χ2v) is 6.62. The van der Waals surface area contributed by atoms with Crippen LogP contribution >= 0.6 is 15.9 Å². The summed E-state index contributed by atoms with van der Waals surface area (Å²) in [6.07, 6.45) is 0.386. The summed E-state index contributed by atoms with van der Waals surface area (Å²) in [6.45, 7) is 0.560. The van der Waals surface area contributed by atoms with E-state index in [0.717, 1.165) is 15.7 Å². The van der Waals surface area contributed by atoms with Crippen LogP contribution in [0.2, 0.25) is 0 Å². The Hall–Kier alpha value is -2.47. The Balaban J connectivity index is 1.55. The zero-order valence-corrected chi connectivity index (χ0v) is 14.3. The molecule has 0 saturated carbocycles. The van der Waals surface area contributed by atoms with E-state index in [1.807, 2.05) is 54.6 Å². The van der Waals surface area contributed by atoms with Crippen molar-refractivity contribution in [1.29, 1.82) is 0 Å². The first-order valence-corrected chi connectivity index (χ1v) is 8.45. The summed E-state index contributed by atoms with van der Waals surface area (Å²) >= 11 is 3.41. The number of halogens is 1. The van der Waals surface area contributed by atoms with Crippen LogP contribution < -0.4 is 4.90 Å². The Morgan fingerprint density at radius 3 is 2.58 bits per heavy atom. The summed E-state index contributed by atoms with van der Waals surface area (Å²) in [5.41, 5.74) is 1.79. The van der Waals surface area contributed by atoms with Crippen LogP contribution in [0.4, 0.5) is 5.69 Å². The topological polar surface area (TPSA) is 59.2 Å².